The molecule has 0 saturated heterocycles. The summed E-state index contributed by atoms with van der Waals surface area (Å²) in [4.78, 5) is 15.6. The fourth-order valence-electron chi connectivity index (χ4n) is 2.30. The van der Waals surface area contributed by atoms with Gasteiger partial charge in [-0.05, 0) is 24.3 Å². The van der Waals surface area contributed by atoms with Gasteiger partial charge in [0.05, 0.1) is 11.1 Å². The summed E-state index contributed by atoms with van der Waals surface area (Å²) < 4.78 is 32.8. The van der Waals surface area contributed by atoms with Gasteiger partial charge in [-0.2, -0.15) is 0 Å². The molecular weight excluding hydrogens is 302 g/mol. The number of primary amides is 1. The number of aromatic nitrogens is 1. The highest BCUT2D eigenvalue weighted by molar-refractivity contribution is 6.06. The van der Waals surface area contributed by atoms with Gasteiger partial charge in [-0.25, -0.2) is 8.78 Å². The number of nitrogens with zero attached hydrogens (tertiary/aromatic N) is 1. The summed E-state index contributed by atoms with van der Waals surface area (Å²) in [6.45, 7) is -0.292. The Balaban J connectivity index is 1.98. The van der Waals surface area contributed by atoms with E-state index in [9.17, 15) is 13.6 Å². The number of carbonyl (C=O) groups is 1. The van der Waals surface area contributed by atoms with E-state index in [1.165, 1.54) is 18.3 Å². The van der Waals surface area contributed by atoms with Gasteiger partial charge in [0.1, 0.15) is 29.5 Å². The lowest BCUT2D eigenvalue weighted by atomic mass is 10.1. The van der Waals surface area contributed by atoms with E-state index in [-0.39, 0.29) is 12.2 Å². The minimum Gasteiger partial charge on any atom is -0.486 e. The van der Waals surface area contributed by atoms with E-state index in [1.807, 2.05) is 0 Å². The van der Waals surface area contributed by atoms with Crippen LogP contribution in [0.5, 0.6) is 5.75 Å². The van der Waals surface area contributed by atoms with Gasteiger partial charge in [0.2, 0.25) is 5.91 Å². The normalized spacial score (nSPS) is 10.7. The average molecular weight is 314 g/mol. The summed E-state index contributed by atoms with van der Waals surface area (Å²) >= 11 is 0. The number of ether oxygens (including phenoxy) is 1. The number of benzene rings is 2. The summed E-state index contributed by atoms with van der Waals surface area (Å²) in [7, 11) is 0. The van der Waals surface area contributed by atoms with Crippen LogP contribution >= 0.6 is 0 Å². The van der Waals surface area contributed by atoms with Crippen LogP contribution < -0.4 is 10.5 Å². The van der Waals surface area contributed by atoms with Crippen molar-refractivity contribution >= 4 is 16.8 Å². The zero-order valence-electron chi connectivity index (χ0n) is 11.9. The number of carbonyl (C=O) groups excluding carboxylic acids is 1. The largest absolute Gasteiger partial charge is 0.486 e. The number of nitrogens with two attached hydrogens (primary N) is 1. The van der Waals surface area contributed by atoms with Crippen LogP contribution in [0, 0.1) is 11.6 Å². The molecule has 0 aliphatic carbocycles. The van der Waals surface area contributed by atoms with Gasteiger partial charge in [-0.15, -0.1) is 0 Å². The van der Waals surface area contributed by atoms with Gasteiger partial charge < -0.3 is 10.5 Å². The predicted molar refractivity (Wildman–Crippen MR) is 81.0 cm³/mol. The molecule has 6 heteroatoms. The first-order chi connectivity index (χ1) is 11.1. The Morgan fingerprint density at radius 1 is 1.09 bits per heavy atom. The first-order valence-electron chi connectivity index (χ1n) is 6.81. The molecule has 1 amide bonds. The molecule has 0 saturated carbocycles. The summed E-state index contributed by atoms with van der Waals surface area (Å²) in [5.74, 6) is -1.64. The van der Waals surface area contributed by atoms with Gasteiger partial charge in [0.15, 0.2) is 0 Å². The van der Waals surface area contributed by atoms with Crippen molar-refractivity contribution in [1.82, 2.24) is 4.98 Å². The smallest absolute Gasteiger partial charge is 0.249 e. The van der Waals surface area contributed by atoms with E-state index in [1.54, 1.807) is 18.2 Å². The van der Waals surface area contributed by atoms with E-state index in [0.29, 0.717) is 22.2 Å². The maximum atomic E-state index is 13.6. The van der Waals surface area contributed by atoms with Crippen LogP contribution in [-0.4, -0.2) is 10.9 Å². The highest BCUT2D eigenvalue weighted by atomic mass is 19.1. The minimum atomic E-state index is -0.684. The number of hydrogen-bond donors (Lipinski definition) is 1. The SMILES string of the molecule is NC(=O)c1ccnc2c(OCc3c(F)cccc3F)cccc12. The lowest BCUT2D eigenvalue weighted by Gasteiger charge is -2.11. The second kappa shape index (κ2) is 6.00. The van der Waals surface area contributed by atoms with Crippen LogP contribution in [0.3, 0.4) is 0 Å². The third-order valence-electron chi connectivity index (χ3n) is 3.43. The molecular formula is C17H12F2N2O2. The number of pyridine rings is 1. The molecule has 3 aromatic rings. The molecule has 116 valence electrons. The molecule has 0 unspecified atom stereocenters. The molecule has 0 radical (unpaired) electrons. The first kappa shape index (κ1) is 14.9. The van der Waals surface area contributed by atoms with Crippen molar-refractivity contribution in [3.05, 3.63) is 71.4 Å². The molecule has 0 aliphatic rings. The van der Waals surface area contributed by atoms with Crippen LogP contribution in [-0.2, 0) is 6.61 Å². The van der Waals surface area contributed by atoms with E-state index in [4.69, 9.17) is 10.5 Å². The zero-order valence-corrected chi connectivity index (χ0v) is 11.9. The molecule has 0 fully saturated rings. The maximum Gasteiger partial charge on any atom is 0.249 e. The lowest BCUT2D eigenvalue weighted by Crippen LogP contribution is -2.11. The molecule has 0 atom stereocenters. The zero-order chi connectivity index (χ0) is 16.4. The van der Waals surface area contributed by atoms with Gasteiger partial charge in [0.25, 0.3) is 0 Å². The first-order valence-corrected chi connectivity index (χ1v) is 6.81. The number of halogens is 2. The van der Waals surface area contributed by atoms with Crippen molar-refractivity contribution < 1.29 is 18.3 Å². The second-order valence-corrected chi connectivity index (χ2v) is 4.86. The Hall–Kier alpha value is -3.02. The standard InChI is InChI=1S/C17H12F2N2O2/c18-13-4-2-5-14(19)12(13)9-23-15-6-1-3-10-11(17(20)22)7-8-21-16(10)15/h1-8H,9H2,(H2,20,22). The summed E-state index contributed by atoms with van der Waals surface area (Å²) in [6.07, 6.45) is 1.43. The van der Waals surface area contributed by atoms with Crippen LogP contribution in [0.1, 0.15) is 15.9 Å². The van der Waals surface area contributed by atoms with Crippen molar-refractivity contribution in [3.63, 3.8) is 0 Å². The third-order valence-corrected chi connectivity index (χ3v) is 3.43. The van der Waals surface area contributed by atoms with Crippen molar-refractivity contribution in [1.29, 1.82) is 0 Å². The minimum absolute atomic E-state index is 0.171. The summed E-state index contributed by atoms with van der Waals surface area (Å²) in [5, 5.41) is 0.520. The van der Waals surface area contributed by atoms with Crippen molar-refractivity contribution in [2.24, 2.45) is 5.73 Å². The summed E-state index contributed by atoms with van der Waals surface area (Å²) in [5.41, 5.74) is 5.86. The topological polar surface area (TPSA) is 65.2 Å². The Bertz CT molecular complexity index is 877. The van der Waals surface area contributed by atoms with Crippen molar-refractivity contribution in [3.8, 4) is 5.75 Å². The molecule has 0 bridgehead atoms. The van der Waals surface area contributed by atoms with Gasteiger partial charge >= 0.3 is 0 Å². The number of fused-ring (bicyclic) bond motifs is 1. The van der Waals surface area contributed by atoms with Crippen LogP contribution in [0.15, 0.2) is 48.7 Å². The average Bonchev–Trinajstić information content (AvgIpc) is 2.53. The molecule has 0 aliphatic heterocycles. The maximum absolute atomic E-state index is 13.6. The van der Waals surface area contributed by atoms with Crippen molar-refractivity contribution in [2.45, 2.75) is 6.61 Å². The quantitative estimate of drug-likeness (QED) is 0.804. The number of amides is 1. The molecule has 2 N–H and O–H groups in total. The predicted octanol–water partition coefficient (Wildman–Crippen LogP) is 3.19. The van der Waals surface area contributed by atoms with Crippen LogP contribution in [0.4, 0.5) is 8.78 Å². The molecule has 1 heterocycles. The van der Waals surface area contributed by atoms with E-state index >= 15 is 0 Å². The third kappa shape index (κ3) is 2.83. The number of hydrogen-bond acceptors (Lipinski definition) is 3. The van der Waals surface area contributed by atoms with Gasteiger partial charge in [-0.1, -0.05) is 18.2 Å². The van der Waals surface area contributed by atoms with Crippen molar-refractivity contribution in [2.75, 3.05) is 0 Å². The highest BCUT2D eigenvalue weighted by Gasteiger charge is 2.13. The number of rotatable bonds is 4. The molecule has 4 nitrogen and oxygen atoms in total. The Kier molecular flexibility index (Phi) is 3.89. The lowest BCUT2D eigenvalue weighted by molar-refractivity contribution is 0.100. The Labute approximate surface area is 130 Å². The fourth-order valence-corrected chi connectivity index (χ4v) is 2.30. The monoisotopic (exact) mass is 314 g/mol. The molecule has 2 aromatic carbocycles. The van der Waals surface area contributed by atoms with E-state index in [2.05, 4.69) is 4.98 Å². The van der Waals surface area contributed by atoms with E-state index in [0.717, 1.165) is 12.1 Å². The highest BCUT2D eigenvalue weighted by Crippen LogP contribution is 2.27. The van der Waals surface area contributed by atoms with Crippen LogP contribution in [0.25, 0.3) is 10.9 Å². The number of para-hydroxylation sites is 1. The second-order valence-electron chi connectivity index (χ2n) is 4.86. The Morgan fingerprint density at radius 3 is 2.48 bits per heavy atom. The Morgan fingerprint density at radius 2 is 1.78 bits per heavy atom. The molecule has 0 spiro atoms. The van der Waals surface area contributed by atoms with Crippen LogP contribution in [0.2, 0.25) is 0 Å². The molecule has 23 heavy (non-hydrogen) atoms. The van der Waals surface area contributed by atoms with Gasteiger partial charge in [0, 0.05) is 11.6 Å². The van der Waals surface area contributed by atoms with Gasteiger partial charge in [-0.3, -0.25) is 9.78 Å². The molecule has 3 rings (SSSR count). The fraction of sp³-hybridized carbons (Fsp3) is 0.0588. The molecule has 1 aromatic heterocycles. The van der Waals surface area contributed by atoms with E-state index < -0.39 is 17.5 Å². The summed E-state index contributed by atoms with van der Waals surface area (Å²) in [6, 6.07) is 10.1.